The number of hydrogen-bond acceptors (Lipinski definition) is 3. The zero-order valence-electron chi connectivity index (χ0n) is 11.5. The van der Waals surface area contributed by atoms with Gasteiger partial charge in [-0.2, -0.15) is 0 Å². The summed E-state index contributed by atoms with van der Waals surface area (Å²) in [5.74, 6) is 1.60. The first-order valence-electron chi connectivity index (χ1n) is 6.76. The molecule has 2 rings (SSSR count). The number of methoxy groups -OCH3 is 2. The molecule has 0 saturated heterocycles. The van der Waals surface area contributed by atoms with Gasteiger partial charge in [0.1, 0.15) is 0 Å². The highest BCUT2D eigenvalue weighted by Crippen LogP contribution is 2.32. The fourth-order valence-corrected chi connectivity index (χ4v) is 2.38. The lowest BCUT2D eigenvalue weighted by molar-refractivity contribution is 0.300. The molecule has 0 spiro atoms. The molecule has 1 aromatic rings. The highest BCUT2D eigenvalue weighted by Gasteiger charge is 2.21. The Morgan fingerprint density at radius 3 is 2.44 bits per heavy atom. The predicted molar refractivity (Wildman–Crippen MR) is 73.4 cm³/mol. The monoisotopic (exact) mass is 249 g/mol. The van der Waals surface area contributed by atoms with Crippen LogP contribution in [0.5, 0.6) is 11.5 Å². The van der Waals surface area contributed by atoms with Crippen LogP contribution < -0.4 is 14.8 Å². The summed E-state index contributed by atoms with van der Waals surface area (Å²) in [5, 5.41) is 3.71. The summed E-state index contributed by atoms with van der Waals surface area (Å²) in [4.78, 5) is 0. The highest BCUT2D eigenvalue weighted by atomic mass is 16.5. The molecule has 1 unspecified atom stereocenters. The third kappa shape index (κ3) is 2.78. The zero-order chi connectivity index (χ0) is 13.0. The molecule has 0 radical (unpaired) electrons. The number of ether oxygens (including phenoxy) is 2. The summed E-state index contributed by atoms with van der Waals surface area (Å²) in [6, 6.07) is 7.30. The van der Waals surface area contributed by atoms with E-state index < -0.39 is 0 Å². The Labute approximate surface area is 109 Å². The molecule has 0 bridgehead atoms. The number of benzene rings is 1. The fraction of sp³-hybridized carbons (Fsp3) is 0.600. The SMILES string of the molecule is CCC(NC1CCC1)c1ccc(OC)c(OC)c1. The summed E-state index contributed by atoms with van der Waals surface area (Å²) < 4.78 is 10.6. The maximum atomic E-state index is 5.36. The van der Waals surface area contributed by atoms with Crippen molar-refractivity contribution >= 4 is 0 Å². The van der Waals surface area contributed by atoms with Crippen molar-refractivity contribution in [1.29, 1.82) is 0 Å². The standard InChI is InChI=1S/C15H23NO2/c1-4-13(16-12-6-5-7-12)11-8-9-14(17-2)15(10-11)18-3/h8-10,12-13,16H,4-7H2,1-3H3. The average Bonchev–Trinajstić information content (AvgIpc) is 2.37. The Balaban J connectivity index is 2.13. The third-order valence-electron chi connectivity index (χ3n) is 3.76. The van der Waals surface area contributed by atoms with Crippen LogP contribution in [0, 0.1) is 0 Å². The molecule has 1 saturated carbocycles. The van der Waals surface area contributed by atoms with Crippen molar-refractivity contribution in [3.8, 4) is 11.5 Å². The van der Waals surface area contributed by atoms with Crippen LogP contribution in [-0.4, -0.2) is 20.3 Å². The Morgan fingerprint density at radius 1 is 1.22 bits per heavy atom. The van der Waals surface area contributed by atoms with Crippen molar-refractivity contribution in [1.82, 2.24) is 5.32 Å². The van der Waals surface area contributed by atoms with E-state index in [9.17, 15) is 0 Å². The van der Waals surface area contributed by atoms with E-state index in [-0.39, 0.29) is 0 Å². The Bertz CT molecular complexity index is 388. The van der Waals surface area contributed by atoms with Crippen molar-refractivity contribution in [2.45, 2.75) is 44.7 Å². The molecule has 1 N–H and O–H groups in total. The van der Waals surface area contributed by atoms with E-state index in [0.29, 0.717) is 12.1 Å². The largest absolute Gasteiger partial charge is 0.493 e. The van der Waals surface area contributed by atoms with Gasteiger partial charge in [0.2, 0.25) is 0 Å². The molecule has 3 nitrogen and oxygen atoms in total. The number of rotatable bonds is 6. The van der Waals surface area contributed by atoms with E-state index >= 15 is 0 Å². The first-order chi connectivity index (χ1) is 8.78. The van der Waals surface area contributed by atoms with Gasteiger partial charge >= 0.3 is 0 Å². The fourth-order valence-electron chi connectivity index (χ4n) is 2.38. The smallest absolute Gasteiger partial charge is 0.161 e. The van der Waals surface area contributed by atoms with E-state index in [1.54, 1.807) is 14.2 Å². The van der Waals surface area contributed by atoms with Gasteiger partial charge in [-0.15, -0.1) is 0 Å². The molecule has 0 amide bonds. The van der Waals surface area contributed by atoms with Crippen LogP contribution in [-0.2, 0) is 0 Å². The van der Waals surface area contributed by atoms with Crippen molar-refractivity contribution < 1.29 is 9.47 Å². The minimum Gasteiger partial charge on any atom is -0.493 e. The van der Waals surface area contributed by atoms with Gasteiger partial charge in [-0.05, 0) is 37.0 Å². The van der Waals surface area contributed by atoms with E-state index in [2.05, 4.69) is 24.4 Å². The van der Waals surface area contributed by atoms with E-state index in [0.717, 1.165) is 17.9 Å². The van der Waals surface area contributed by atoms with Gasteiger partial charge < -0.3 is 14.8 Å². The summed E-state index contributed by atoms with van der Waals surface area (Å²) in [7, 11) is 3.35. The van der Waals surface area contributed by atoms with Gasteiger partial charge in [-0.3, -0.25) is 0 Å². The second-order valence-corrected chi connectivity index (χ2v) is 4.87. The van der Waals surface area contributed by atoms with Crippen molar-refractivity contribution in [2.75, 3.05) is 14.2 Å². The van der Waals surface area contributed by atoms with Crippen LogP contribution in [0.2, 0.25) is 0 Å². The van der Waals surface area contributed by atoms with Crippen molar-refractivity contribution in [3.05, 3.63) is 23.8 Å². The molecule has 0 aliphatic heterocycles. The first kappa shape index (κ1) is 13.2. The quantitative estimate of drug-likeness (QED) is 0.839. The average molecular weight is 249 g/mol. The van der Waals surface area contributed by atoms with Gasteiger partial charge in [-0.25, -0.2) is 0 Å². The van der Waals surface area contributed by atoms with Crippen LogP contribution in [0.1, 0.15) is 44.2 Å². The minimum absolute atomic E-state index is 0.412. The molecule has 1 atom stereocenters. The van der Waals surface area contributed by atoms with E-state index in [4.69, 9.17) is 9.47 Å². The Hall–Kier alpha value is -1.22. The first-order valence-corrected chi connectivity index (χ1v) is 6.76. The number of hydrogen-bond donors (Lipinski definition) is 1. The lowest BCUT2D eigenvalue weighted by Crippen LogP contribution is -2.37. The third-order valence-corrected chi connectivity index (χ3v) is 3.76. The number of nitrogens with one attached hydrogen (secondary N) is 1. The second-order valence-electron chi connectivity index (χ2n) is 4.87. The zero-order valence-corrected chi connectivity index (χ0v) is 11.5. The molecule has 1 fully saturated rings. The van der Waals surface area contributed by atoms with Gasteiger partial charge in [0.05, 0.1) is 14.2 Å². The molecule has 18 heavy (non-hydrogen) atoms. The van der Waals surface area contributed by atoms with Gasteiger partial charge in [0, 0.05) is 12.1 Å². The van der Waals surface area contributed by atoms with E-state index in [1.807, 2.05) is 6.07 Å². The highest BCUT2D eigenvalue weighted by molar-refractivity contribution is 5.43. The molecule has 100 valence electrons. The molecule has 0 heterocycles. The van der Waals surface area contributed by atoms with Crippen LogP contribution >= 0.6 is 0 Å². The molecule has 1 aliphatic rings. The van der Waals surface area contributed by atoms with Crippen molar-refractivity contribution in [3.63, 3.8) is 0 Å². The van der Waals surface area contributed by atoms with Crippen LogP contribution in [0.3, 0.4) is 0 Å². The van der Waals surface area contributed by atoms with Gasteiger partial charge in [0.15, 0.2) is 11.5 Å². The van der Waals surface area contributed by atoms with Gasteiger partial charge in [0.25, 0.3) is 0 Å². The maximum Gasteiger partial charge on any atom is 0.161 e. The Morgan fingerprint density at radius 2 is 1.94 bits per heavy atom. The van der Waals surface area contributed by atoms with Crippen molar-refractivity contribution in [2.24, 2.45) is 0 Å². The van der Waals surface area contributed by atoms with Crippen LogP contribution in [0.25, 0.3) is 0 Å². The molecule has 1 aliphatic carbocycles. The lowest BCUT2D eigenvalue weighted by atomic mass is 9.91. The normalized spacial score (nSPS) is 17.1. The molecular weight excluding hydrogens is 226 g/mol. The minimum atomic E-state index is 0.412. The summed E-state index contributed by atoms with van der Waals surface area (Å²) in [5.41, 5.74) is 1.28. The summed E-state index contributed by atoms with van der Waals surface area (Å²) >= 11 is 0. The summed E-state index contributed by atoms with van der Waals surface area (Å²) in [6.45, 7) is 2.22. The summed E-state index contributed by atoms with van der Waals surface area (Å²) in [6.07, 6.45) is 5.07. The lowest BCUT2D eigenvalue weighted by Gasteiger charge is -2.31. The van der Waals surface area contributed by atoms with Gasteiger partial charge in [-0.1, -0.05) is 19.4 Å². The predicted octanol–water partition coefficient (Wildman–Crippen LogP) is 3.30. The van der Waals surface area contributed by atoms with E-state index in [1.165, 1.54) is 24.8 Å². The molecule has 0 aromatic heterocycles. The topological polar surface area (TPSA) is 30.5 Å². The molecule has 3 heteroatoms. The van der Waals surface area contributed by atoms with Crippen LogP contribution in [0.4, 0.5) is 0 Å². The second kappa shape index (κ2) is 6.10. The Kier molecular flexibility index (Phi) is 4.48. The maximum absolute atomic E-state index is 5.36. The van der Waals surface area contributed by atoms with Crippen LogP contribution in [0.15, 0.2) is 18.2 Å². The molecule has 1 aromatic carbocycles. The molecular formula is C15H23NO2.